The fourth-order valence-corrected chi connectivity index (χ4v) is 4.11. The Labute approximate surface area is 172 Å². The van der Waals surface area contributed by atoms with E-state index in [1.54, 1.807) is 6.07 Å². The first-order chi connectivity index (χ1) is 13.5. The van der Waals surface area contributed by atoms with Crippen molar-refractivity contribution < 1.29 is 4.39 Å². The van der Waals surface area contributed by atoms with Crippen molar-refractivity contribution in [1.82, 2.24) is 14.7 Å². The van der Waals surface area contributed by atoms with Gasteiger partial charge in [-0.25, -0.2) is 4.39 Å². The largest absolute Gasteiger partial charge is 0.357 e. The predicted molar refractivity (Wildman–Crippen MR) is 114 cm³/mol. The van der Waals surface area contributed by atoms with E-state index in [1.165, 1.54) is 6.07 Å². The van der Waals surface area contributed by atoms with Crippen molar-refractivity contribution in [2.75, 3.05) is 13.1 Å². The van der Waals surface area contributed by atoms with Gasteiger partial charge in [0.15, 0.2) is 0 Å². The van der Waals surface area contributed by atoms with E-state index in [4.69, 9.17) is 17.0 Å². The van der Waals surface area contributed by atoms with Crippen LogP contribution in [0.1, 0.15) is 44.2 Å². The molecular formula is C22H28ClFN4. The first-order valence-corrected chi connectivity index (χ1v) is 10.2. The van der Waals surface area contributed by atoms with E-state index in [9.17, 15) is 4.39 Å². The second kappa shape index (κ2) is 8.82. The van der Waals surface area contributed by atoms with E-state index in [0.717, 1.165) is 38.2 Å². The van der Waals surface area contributed by atoms with Crippen LogP contribution in [0.25, 0.3) is 0 Å². The van der Waals surface area contributed by atoms with Crippen molar-refractivity contribution in [1.29, 1.82) is 5.41 Å². The molecule has 2 heterocycles. The lowest BCUT2D eigenvalue weighted by molar-refractivity contribution is 0.309. The van der Waals surface area contributed by atoms with Crippen LogP contribution in [0.15, 0.2) is 49.1 Å². The fourth-order valence-electron chi connectivity index (χ4n) is 3.84. The summed E-state index contributed by atoms with van der Waals surface area (Å²) in [5.41, 5.74) is 0.979. The second-order valence-corrected chi connectivity index (χ2v) is 7.56. The molecule has 2 aliphatic rings. The van der Waals surface area contributed by atoms with Crippen LogP contribution < -0.4 is 0 Å². The molecule has 0 saturated carbocycles. The molecule has 0 spiro atoms. The number of rotatable bonds is 6. The van der Waals surface area contributed by atoms with Crippen molar-refractivity contribution in [3.05, 3.63) is 71.1 Å². The molecule has 1 atom stereocenters. The fraction of sp³-hybridized carbons (Fsp3) is 0.409. The van der Waals surface area contributed by atoms with Gasteiger partial charge in [0.25, 0.3) is 0 Å². The number of hydrogen-bond donors (Lipinski definition) is 1. The van der Waals surface area contributed by atoms with E-state index in [2.05, 4.69) is 18.4 Å². The summed E-state index contributed by atoms with van der Waals surface area (Å²) in [6.45, 7) is 10.0. The predicted octanol–water partition coefficient (Wildman–Crippen LogP) is 5.31. The summed E-state index contributed by atoms with van der Waals surface area (Å²) in [6.07, 6.45) is 10.9. The minimum absolute atomic E-state index is 0.191. The first-order valence-electron chi connectivity index (χ1n) is 9.84. The maximum absolute atomic E-state index is 14.9. The number of halogens is 2. The van der Waals surface area contributed by atoms with Gasteiger partial charge in [-0.15, -0.1) is 6.58 Å². The SMILES string of the molecule is C=CC(CC)N1C=CN(Cc2c(F)cc(C(=N)N3CCCC3)cc2Cl)/C1=C/C. The van der Waals surface area contributed by atoms with Crippen LogP contribution >= 0.6 is 11.6 Å². The van der Waals surface area contributed by atoms with Crippen LogP contribution in [-0.4, -0.2) is 39.7 Å². The Balaban J connectivity index is 1.80. The van der Waals surface area contributed by atoms with Gasteiger partial charge >= 0.3 is 0 Å². The average Bonchev–Trinajstić information content (AvgIpc) is 3.35. The lowest BCUT2D eigenvalue weighted by Crippen LogP contribution is -2.30. The molecule has 1 aromatic rings. The summed E-state index contributed by atoms with van der Waals surface area (Å²) in [6, 6.07) is 3.34. The third-order valence-electron chi connectivity index (χ3n) is 5.44. The maximum Gasteiger partial charge on any atom is 0.130 e. The molecule has 1 N–H and O–H groups in total. The second-order valence-electron chi connectivity index (χ2n) is 7.15. The lowest BCUT2D eigenvalue weighted by atomic mass is 10.1. The Morgan fingerprint density at radius 1 is 1.32 bits per heavy atom. The topological polar surface area (TPSA) is 33.6 Å². The minimum atomic E-state index is -0.371. The Morgan fingerprint density at radius 2 is 2.04 bits per heavy atom. The molecule has 150 valence electrons. The highest BCUT2D eigenvalue weighted by Gasteiger charge is 2.26. The summed E-state index contributed by atoms with van der Waals surface area (Å²) >= 11 is 6.45. The Hall–Kier alpha value is -2.27. The van der Waals surface area contributed by atoms with Crippen LogP contribution in [0, 0.1) is 11.2 Å². The number of likely N-dealkylation sites (tertiary alicyclic amines) is 1. The molecule has 2 aliphatic heterocycles. The molecule has 1 aromatic carbocycles. The number of nitrogens with one attached hydrogen (secondary N) is 1. The van der Waals surface area contributed by atoms with Crippen LogP contribution in [-0.2, 0) is 6.54 Å². The molecule has 0 aromatic heterocycles. The van der Waals surface area contributed by atoms with Crippen LogP contribution in [0.3, 0.4) is 0 Å². The highest BCUT2D eigenvalue weighted by Crippen LogP contribution is 2.30. The Morgan fingerprint density at radius 3 is 2.61 bits per heavy atom. The summed E-state index contributed by atoms with van der Waals surface area (Å²) in [5.74, 6) is 0.962. The first kappa shape index (κ1) is 20.5. The molecule has 0 bridgehead atoms. The number of amidine groups is 1. The molecular weight excluding hydrogens is 375 g/mol. The van der Waals surface area contributed by atoms with E-state index in [0.29, 0.717) is 28.5 Å². The van der Waals surface area contributed by atoms with Crippen molar-refractivity contribution in [2.24, 2.45) is 0 Å². The van der Waals surface area contributed by atoms with Crippen molar-refractivity contribution in [3.63, 3.8) is 0 Å². The van der Waals surface area contributed by atoms with Crippen LogP contribution in [0.4, 0.5) is 4.39 Å². The van der Waals surface area contributed by atoms with E-state index in [1.807, 2.05) is 41.3 Å². The number of nitrogens with zero attached hydrogens (tertiary/aromatic N) is 3. The standard InChI is InChI=1S/C22H28ClFN4/c1-4-17(5-2)28-12-11-27(21(28)6-3)15-18-19(23)13-16(14-20(18)24)22(25)26-9-7-8-10-26/h4,6,11-14,17,25H,1,5,7-10,15H2,2-3H3/b21-6-,25-22?. The van der Waals surface area contributed by atoms with Crippen molar-refractivity contribution in [3.8, 4) is 0 Å². The number of allylic oxidation sites excluding steroid dienone is 1. The molecule has 6 heteroatoms. The quantitative estimate of drug-likeness (QED) is 0.397. The molecule has 3 rings (SSSR count). The molecule has 0 amide bonds. The van der Waals surface area contributed by atoms with E-state index >= 15 is 0 Å². The Kier molecular flexibility index (Phi) is 6.45. The van der Waals surface area contributed by atoms with Crippen molar-refractivity contribution in [2.45, 2.75) is 45.7 Å². The normalized spacial score (nSPS) is 19.0. The lowest BCUT2D eigenvalue weighted by Gasteiger charge is -2.30. The number of hydrogen-bond acceptors (Lipinski definition) is 3. The van der Waals surface area contributed by atoms with Gasteiger partial charge in [-0.05, 0) is 44.4 Å². The molecule has 28 heavy (non-hydrogen) atoms. The highest BCUT2D eigenvalue weighted by molar-refractivity contribution is 6.31. The van der Waals surface area contributed by atoms with E-state index in [-0.39, 0.29) is 11.9 Å². The Bertz CT molecular complexity index is 788. The van der Waals surface area contributed by atoms with Gasteiger partial charge in [0.2, 0.25) is 0 Å². The zero-order chi connectivity index (χ0) is 20.3. The molecule has 1 fully saturated rings. The third kappa shape index (κ3) is 3.95. The van der Waals surface area contributed by atoms with Gasteiger partial charge in [0.05, 0.1) is 12.6 Å². The monoisotopic (exact) mass is 402 g/mol. The number of benzene rings is 1. The molecule has 1 saturated heterocycles. The molecule has 0 radical (unpaired) electrons. The summed E-state index contributed by atoms with van der Waals surface area (Å²) in [4.78, 5) is 6.10. The molecule has 0 aliphatic carbocycles. The molecule has 4 nitrogen and oxygen atoms in total. The van der Waals surface area contributed by atoms with Crippen molar-refractivity contribution >= 4 is 17.4 Å². The average molecular weight is 403 g/mol. The van der Waals surface area contributed by atoms with Gasteiger partial charge in [-0.2, -0.15) is 0 Å². The third-order valence-corrected chi connectivity index (χ3v) is 5.77. The van der Waals surface area contributed by atoms with Gasteiger partial charge in [0, 0.05) is 41.6 Å². The van der Waals surface area contributed by atoms with Gasteiger partial charge in [-0.1, -0.05) is 24.6 Å². The zero-order valence-corrected chi connectivity index (χ0v) is 17.3. The van der Waals surface area contributed by atoms with Gasteiger partial charge in [0.1, 0.15) is 17.5 Å². The smallest absolute Gasteiger partial charge is 0.130 e. The van der Waals surface area contributed by atoms with Crippen LogP contribution in [0.5, 0.6) is 0 Å². The maximum atomic E-state index is 14.9. The summed E-state index contributed by atoms with van der Waals surface area (Å²) in [5, 5.41) is 8.70. The summed E-state index contributed by atoms with van der Waals surface area (Å²) in [7, 11) is 0. The zero-order valence-electron chi connectivity index (χ0n) is 16.6. The summed E-state index contributed by atoms with van der Waals surface area (Å²) < 4.78 is 14.9. The highest BCUT2D eigenvalue weighted by atomic mass is 35.5. The minimum Gasteiger partial charge on any atom is -0.357 e. The van der Waals surface area contributed by atoms with Gasteiger partial charge < -0.3 is 14.7 Å². The molecule has 1 unspecified atom stereocenters. The van der Waals surface area contributed by atoms with Gasteiger partial charge in [-0.3, -0.25) is 5.41 Å². The van der Waals surface area contributed by atoms with E-state index < -0.39 is 0 Å². The van der Waals surface area contributed by atoms with Crippen LogP contribution in [0.2, 0.25) is 5.02 Å².